The average Bonchev–Trinajstić information content (AvgIpc) is 3.17. The zero-order chi connectivity index (χ0) is 42.8. The van der Waals surface area contributed by atoms with Crippen LogP contribution in [0.2, 0.25) is 0 Å². The SMILES string of the molecule is CCCCCCCC/C=C\CCCCCCCC(=O)NC(COP(=O)([O-])OCC[N+](C)(C)C)C(O)/C=C/CC/C=C/CC/C=C/CCCCCCCCCCCCC. The van der Waals surface area contributed by atoms with Crippen LogP contribution in [0.4, 0.5) is 0 Å². The van der Waals surface area contributed by atoms with Crippen LogP contribution >= 0.6 is 7.82 Å². The van der Waals surface area contributed by atoms with Crippen molar-refractivity contribution in [1.29, 1.82) is 0 Å². The van der Waals surface area contributed by atoms with Gasteiger partial charge in [0.25, 0.3) is 7.82 Å². The summed E-state index contributed by atoms with van der Waals surface area (Å²) in [6.45, 7) is 4.60. The van der Waals surface area contributed by atoms with Crippen molar-refractivity contribution in [2.45, 2.75) is 219 Å². The highest BCUT2D eigenvalue weighted by molar-refractivity contribution is 7.45. The van der Waals surface area contributed by atoms with E-state index in [-0.39, 0.29) is 12.5 Å². The van der Waals surface area contributed by atoms with E-state index < -0.39 is 26.6 Å². The van der Waals surface area contributed by atoms with Crippen molar-refractivity contribution in [1.82, 2.24) is 5.32 Å². The first kappa shape index (κ1) is 56.5. The quantitative estimate of drug-likeness (QED) is 0.0274. The number of phosphoric acid groups is 1. The highest BCUT2D eigenvalue weighted by Crippen LogP contribution is 2.38. The van der Waals surface area contributed by atoms with E-state index >= 15 is 0 Å². The maximum absolute atomic E-state index is 12.9. The molecule has 9 heteroatoms. The van der Waals surface area contributed by atoms with E-state index in [0.29, 0.717) is 17.4 Å². The molecule has 0 radical (unpaired) electrons. The lowest BCUT2D eigenvalue weighted by atomic mass is 10.1. The lowest BCUT2D eigenvalue weighted by Crippen LogP contribution is -2.45. The molecule has 0 aromatic carbocycles. The molecule has 0 aromatic rings. The number of allylic oxidation sites excluding steroid dienone is 7. The predicted octanol–water partition coefficient (Wildman–Crippen LogP) is 13.0. The third-order valence-corrected chi connectivity index (χ3v) is 11.5. The van der Waals surface area contributed by atoms with Crippen LogP contribution in [0.5, 0.6) is 0 Å². The second-order valence-corrected chi connectivity index (χ2v) is 18.8. The van der Waals surface area contributed by atoms with E-state index in [4.69, 9.17) is 9.05 Å². The monoisotopic (exact) mass is 837 g/mol. The molecular formula is C49H93N2O6P. The van der Waals surface area contributed by atoms with E-state index in [1.54, 1.807) is 6.08 Å². The van der Waals surface area contributed by atoms with Crippen LogP contribution in [-0.2, 0) is 18.4 Å². The van der Waals surface area contributed by atoms with Crippen molar-refractivity contribution in [3.8, 4) is 0 Å². The normalized spacial score (nSPS) is 14.7. The Morgan fingerprint density at radius 1 is 0.586 bits per heavy atom. The first-order chi connectivity index (χ1) is 28.0. The Kier molecular flexibility index (Phi) is 39.8. The Hall–Kier alpha value is -1.54. The van der Waals surface area contributed by atoms with Gasteiger partial charge >= 0.3 is 0 Å². The number of carbonyl (C=O) groups excluding carboxylic acids is 1. The largest absolute Gasteiger partial charge is 0.756 e. The van der Waals surface area contributed by atoms with E-state index in [9.17, 15) is 19.4 Å². The molecule has 0 fully saturated rings. The van der Waals surface area contributed by atoms with Gasteiger partial charge in [-0.2, -0.15) is 0 Å². The Bertz CT molecular complexity index is 1090. The molecular weight excluding hydrogens is 744 g/mol. The smallest absolute Gasteiger partial charge is 0.268 e. The lowest BCUT2D eigenvalue weighted by Gasteiger charge is -2.29. The summed E-state index contributed by atoms with van der Waals surface area (Å²) >= 11 is 0. The molecule has 0 saturated carbocycles. The number of unbranched alkanes of at least 4 members (excludes halogenated alkanes) is 24. The zero-order valence-electron chi connectivity index (χ0n) is 38.5. The summed E-state index contributed by atoms with van der Waals surface area (Å²) in [5.41, 5.74) is 0. The van der Waals surface area contributed by atoms with Crippen molar-refractivity contribution in [3.63, 3.8) is 0 Å². The molecule has 0 rings (SSSR count). The van der Waals surface area contributed by atoms with Gasteiger partial charge in [0.15, 0.2) is 0 Å². The molecule has 0 aliphatic rings. The molecule has 0 saturated heterocycles. The van der Waals surface area contributed by atoms with Gasteiger partial charge in [0, 0.05) is 6.42 Å². The van der Waals surface area contributed by atoms with Gasteiger partial charge in [-0.15, -0.1) is 0 Å². The number of likely N-dealkylation sites (N-methyl/N-ethyl adjacent to an activating group) is 1. The van der Waals surface area contributed by atoms with Gasteiger partial charge in [-0.3, -0.25) is 9.36 Å². The fourth-order valence-electron chi connectivity index (χ4n) is 6.65. The Balaban J connectivity index is 4.46. The minimum absolute atomic E-state index is 0.0114. The first-order valence-corrected chi connectivity index (χ1v) is 25.5. The van der Waals surface area contributed by atoms with Gasteiger partial charge in [-0.25, -0.2) is 0 Å². The molecule has 0 aliphatic carbocycles. The van der Waals surface area contributed by atoms with Crippen LogP contribution in [0, 0.1) is 0 Å². The van der Waals surface area contributed by atoms with E-state index in [1.165, 1.54) is 122 Å². The van der Waals surface area contributed by atoms with Gasteiger partial charge in [-0.05, 0) is 70.6 Å². The molecule has 8 nitrogen and oxygen atoms in total. The van der Waals surface area contributed by atoms with Crippen molar-refractivity contribution >= 4 is 13.7 Å². The number of carbonyl (C=O) groups is 1. The maximum Gasteiger partial charge on any atom is 0.268 e. The summed E-state index contributed by atoms with van der Waals surface area (Å²) in [5, 5.41) is 13.8. The van der Waals surface area contributed by atoms with Gasteiger partial charge in [0.1, 0.15) is 13.2 Å². The topological polar surface area (TPSA) is 108 Å². The van der Waals surface area contributed by atoms with Crippen LogP contribution in [0.3, 0.4) is 0 Å². The lowest BCUT2D eigenvalue weighted by molar-refractivity contribution is -0.870. The van der Waals surface area contributed by atoms with Crippen molar-refractivity contribution in [2.24, 2.45) is 0 Å². The third kappa shape index (κ3) is 42.6. The molecule has 0 aromatic heterocycles. The standard InChI is InChI=1S/C49H93N2O6P/c1-6-8-10-12-14-16-18-20-22-23-24-25-26-27-29-30-32-34-36-38-40-42-48(52)47(46-57-58(54,55)56-45-44-51(3,4)5)50-49(53)43-41-39-37-35-33-31-28-21-19-17-15-13-11-9-7-2/h21,26-28,32,34,40,42,47-48,52H,6-20,22-25,29-31,33,35-39,41,43-46H2,1-5H3,(H-,50,53,54,55)/b27-26+,28-21-,34-32+,42-40+. The molecule has 0 aliphatic heterocycles. The van der Waals surface area contributed by atoms with E-state index in [1.807, 2.05) is 27.2 Å². The van der Waals surface area contributed by atoms with Gasteiger partial charge in [0.05, 0.1) is 39.9 Å². The fraction of sp³-hybridized carbons (Fsp3) is 0.816. The van der Waals surface area contributed by atoms with Crippen LogP contribution in [-0.4, -0.2) is 68.5 Å². The number of hydrogen-bond acceptors (Lipinski definition) is 6. The average molecular weight is 837 g/mol. The zero-order valence-corrected chi connectivity index (χ0v) is 39.4. The molecule has 3 unspecified atom stereocenters. The van der Waals surface area contributed by atoms with Crippen molar-refractivity contribution in [2.75, 3.05) is 40.9 Å². The van der Waals surface area contributed by atoms with Crippen LogP contribution < -0.4 is 10.2 Å². The molecule has 2 N–H and O–H groups in total. The summed E-state index contributed by atoms with van der Waals surface area (Å²) in [6.07, 6.45) is 51.7. The maximum atomic E-state index is 12.9. The molecule has 0 spiro atoms. The molecule has 0 heterocycles. The summed E-state index contributed by atoms with van der Waals surface area (Å²) in [4.78, 5) is 25.3. The molecule has 58 heavy (non-hydrogen) atoms. The number of aliphatic hydroxyl groups excluding tert-OH is 1. The number of nitrogens with zero attached hydrogens (tertiary/aromatic N) is 1. The van der Waals surface area contributed by atoms with Crippen molar-refractivity contribution < 1.29 is 32.9 Å². The Labute approximate surface area is 359 Å². The number of quaternary nitrogens is 1. The first-order valence-electron chi connectivity index (χ1n) is 24.0. The summed E-state index contributed by atoms with van der Waals surface area (Å²) < 4.78 is 23.2. The number of phosphoric ester groups is 1. The van der Waals surface area contributed by atoms with Gasteiger partial charge in [0.2, 0.25) is 5.91 Å². The van der Waals surface area contributed by atoms with Crippen molar-refractivity contribution in [3.05, 3.63) is 48.6 Å². The predicted molar refractivity (Wildman–Crippen MR) is 247 cm³/mol. The van der Waals surface area contributed by atoms with Crippen LogP contribution in [0.25, 0.3) is 0 Å². The number of amides is 1. The summed E-state index contributed by atoms with van der Waals surface area (Å²) in [6, 6.07) is -0.913. The van der Waals surface area contributed by atoms with Gasteiger partial charge in [-0.1, -0.05) is 178 Å². The number of hydrogen-bond donors (Lipinski definition) is 2. The number of rotatable bonds is 43. The fourth-order valence-corrected chi connectivity index (χ4v) is 7.37. The van der Waals surface area contributed by atoms with E-state index in [0.717, 1.165) is 64.2 Å². The second-order valence-electron chi connectivity index (χ2n) is 17.4. The van der Waals surface area contributed by atoms with Gasteiger partial charge < -0.3 is 28.8 Å². The molecule has 3 atom stereocenters. The second kappa shape index (κ2) is 40.8. The highest BCUT2D eigenvalue weighted by Gasteiger charge is 2.23. The van der Waals surface area contributed by atoms with Crippen LogP contribution in [0.15, 0.2) is 48.6 Å². The molecule has 340 valence electrons. The summed E-state index contributed by atoms with van der Waals surface area (Å²) in [5.74, 6) is -0.221. The minimum Gasteiger partial charge on any atom is -0.756 e. The van der Waals surface area contributed by atoms with Crippen LogP contribution in [0.1, 0.15) is 206 Å². The number of nitrogens with one attached hydrogen (secondary N) is 1. The highest BCUT2D eigenvalue weighted by atomic mass is 31.2. The molecule has 1 amide bonds. The Morgan fingerprint density at radius 2 is 0.966 bits per heavy atom. The molecule has 0 bridgehead atoms. The minimum atomic E-state index is -4.60. The summed E-state index contributed by atoms with van der Waals surface area (Å²) in [7, 11) is 1.23. The Morgan fingerprint density at radius 3 is 1.40 bits per heavy atom. The number of aliphatic hydroxyl groups is 1. The third-order valence-electron chi connectivity index (χ3n) is 10.5. The van der Waals surface area contributed by atoms with E-state index in [2.05, 4.69) is 55.6 Å².